The lowest BCUT2D eigenvalue weighted by atomic mass is 10.1. The molecule has 7 heteroatoms. The highest BCUT2D eigenvalue weighted by Crippen LogP contribution is 2.38. The Morgan fingerprint density at radius 2 is 1.21 bits per heavy atom. The molecule has 0 saturated carbocycles. The molecule has 0 atom stereocenters. The number of hydrogen-bond donors (Lipinski definition) is 0. The molecule has 19 heavy (non-hydrogen) atoms. The molecule has 0 amide bonds. The normalized spacial score (nSPS) is 12.9. The molecule has 0 aliphatic rings. The summed E-state index contributed by atoms with van der Waals surface area (Å²) in [6.45, 7) is 3.35. The lowest BCUT2D eigenvalue weighted by molar-refractivity contribution is -0.143. The lowest BCUT2D eigenvalue weighted by Crippen LogP contribution is -2.26. The number of halogens is 6. The van der Waals surface area contributed by atoms with Crippen molar-refractivity contribution >= 4 is 5.69 Å². The van der Waals surface area contributed by atoms with E-state index in [4.69, 9.17) is 0 Å². The molecule has 0 radical (unpaired) electrons. The largest absolute Gasteiger partial charge is 0.416 e. The van der Waals surface area contributed by atoms with E-state index in [0.717, 1.165) is 12.1 Å². The second-order valence-electron chi connectivity index (χ2n) is 4.47. The first-order chi connectivity index (χ1) is 8.43. The highest BCUT2D eigenvalue weighted by Gasteiger charge is 2.37. The minimum atomic E-state index is -4.81. The molecule has 0 aliphatic heterocycles. The molecule has 0 aliphatic carbocycles. The number of rotatable bonds is 2. The summed E-state index contributed by atoms with van der Waals surface area (Å²) in [7, 11) is 1.44. The van der Waals surface area contributed by atoms with Crippen LogP contribution in [0.2, 0.25) is 0 Å². The third-order valence-electron chi connectivity index (χ3n) is 2.75. The molecule has 0 bridgehead atoms. The van der Waals surface area contributed by atoms with E-state index >= 15 is 0 Å². The van der Waals surface area contributed by atoms with Gasteiger partial charge in [0.1, 0.15) is 0 Å². The fourth-order valence-corrected chi connectivity index (χ4v) is 1.44. The smallest absolute Gasteiger partial charge is 0.372 e. The Balaban J connectivity index is 3.41. The van der Waals surface area contributed by atoms with Gasteiger partial charge in [-0.05, 0) is 32.0 Å². The van der Waals surface area contributed by atoms with Crippen molar-refractivity contribution in [2.24, 2.45) is 0 Å². The van der Waals surface area contributed by atoms with E-state index in [1.165, 1.54) is 11.9 Å². The second-order valence-corrected chi connectivity index (χ2v) is 4.47. The summed E-state index contributed by atoms with van der Waals surface area (Å²) in [5.74, 6) is 0. The Morgan fingerprint density at radius 3 is 1.47 bits per heavy atom. The van der Waals surface area contributed by atoms with Gasteiger partial charge in [-0.3, -0.25) is 0 Å². The van der Waals surface area contributed by atoms with Crippen LogP contribution in [0.4, 0.5) is 32.0 Å². The van der Waals surface area contributed by atoms with Crippen LogP contribution in [0, 0.1) is 0 Å². The van der Waals surface area contributed by atoms with Gasteiger partial charge in [-0.2, -0.15) is 26.3 Å². The number of alkyl halides is 6. The molecule has 0 saturated heterocycles. The molecule has 1 aromatic rings. The highest BCUT2D eigenvalue weighted by atomic mass is 19.4. The van der Waals surface area contributed by atoms with E-state index in [1.54, 1.807) is 13.8 Å². The average Bonchev–Trinajstić information content (AvgIpc) is 2.24. The van der Waals surface area contributed by atoms with Crippen molar-refractivity contribution in [2.75, 3.05) is 11.9 Å². The summed E-state index contributed by atoms with van der Waals surface area (Å²) in [6, 6.07) is 1.34. The van der Waals surface area contributed by atoms with Gasteiger partial charge in [-0.25, -0.2) is 0 Å². The fraction of sp³-hybridized carbons (Fsp3) is 0.500. The molecule has 0 unspecified atom stereocenters. The number of benzene rings is 1. The fourth-order valence-electron chi connectivity index (χ4n) is 1.44. The summed E-state index contributed by atoms with van der Waals surface area (Å²) < 4.78 is 75.7. The molecule has 0 heterocycles. The first kappa shape index (κ1) is 15.7. The Hall–Kier alpha value is -1.40. The Morgan fingerprint density at radius 1 is 0.842 bits per heavy atom. The molecule has 0 fully saturated rings. The van der Waals surface area contributed by atoms with Gasteiger partial charge in [-0.1, -0.05) is 0 Å². The maximum Gasteiger partial charge on any atom is 0.416 e. The molecule has 108 valence electrons. The average molecular weight is 285 g/mol. The predicted molar refractivity (Wildman–Crippen MR) is 60.0 cm³/mol. The molecular formula is C12H13F6N. The predicted octanol–water partition coefficient (Wildman–Crippen LogP) is 4.57. The minimum Gasteiger partial charge on any atom is -0.372 e. The van der Waals surface area contributed by atoms with E-state index in [2.05, 4.69) is 0 Å². The zero-order valence-electron chi connectivity index (χ0n) is 10.5. The van der Waals surface area contributed by atoms with Crippen LogP contribution < -0.4 is 4.90 Å². The van der Waals surface area contributed by atoms with E-state index in [-0.39, 0.29) is 17.8 Å². The van der Waals surface area contributed by atoms with E-state index < -0.39 is 23.5 Å². The standard InChI is InChI=1S/C12H13F6N/c1-7(2)19(3)10-5-8(11(13,14)15)4-9(6-10)12(16,17)18/h4-7H,1-3H3. The second kappa shape index (κ2) is 4.94. The van der Waals surface area contributed by atoms with Crippen LogP contribution >= 0.6 is 0 Å². The van der Waals surface area contributed by atoms with Gasteiger partial charge < -0.3 is 4.90 Å². The van der Waals surface area contributed by atoms with Gasteiger partial charge in [-0.15, -0.1) is 0 Å². The van der Waals surface area contributed by atoms with Crippen LogP contribution in [0.1, 0.15) is 25.0 Å². The van der Waals surface area contributed by atoms with E-state index in [0.29, 0.717) is 0 Å². The maximum absolute atomic E-state index is 12.6. The van der Waals surface area contributed by atoms with Crippen molar-refractivity contribution < 1.29 is 26.3 Å². The van der Waals surface area contributed by atoms with Crippen molar-refractivity contribution in [3.05, 3.63) is 29.3 Å². The van der Waals surface area contributed by atoms with Gasteiger partial charge in [0.05, 0.1) is 11.1 Å². The molecule has 1 aromatic carbocycles. The molecular weight excluding hydrogens is 272 g/mol. The molecule has 1 rings (SSSR count). The number of anilines is 1. The topological polar surface area (TPSA) is 3.24 Å². The molecule has 0 N–H and O–H groups in total. The monoisotopic (exact) mass is 285 g/mol. The van der Waals surface area contributed by atoms with Crippen molar-refractivity contribution in [3.8, 4) is 0 Å². The SMILES string of the molecule is CC(C)N(C)c1cc(C(F)(F)F)cc(C(F)(F)F)c1. The zero-order valence-corrected chi connectivity index (χ0v) is 10.5. The van der Waals surface area contributed by atoms with Crippen LogP contribution in [0.25, 0.3) is 0 Å². The Labute approximate surface area is 106 Å². The van der Waals surface area contributed by atoms with Gasteiger partial charge in [0.15, 0.2) is 0 Å². The summed E-state index contributed by atoms with van der Waals surface area (Å²) >= 11 is 0. The van der Waals surface area contributed by atoms with Crippen molar-refractivity contribution in [2.45, 2.75) is 32.2 Å². The number of nitrogens with zero attached hydrogens (tertiary/aromatic N) is 1. The minimum absolute atomic E-state index is 0.114. The highest BCUT2D eigenvalue weighted by molar-refractivity contribution is 5.52. The van der Waals surface area contributed by atoms with Gasteiger partial charge >= 0.3 is 12.4 Å². The van der Waals surface area contributed by atoms with Crippen LogP contribution in [-0.2, 0) is 12.4 Å². The zero-order chi connectivity index (χ0) is 15.0. The molecule has 1 nitrogen and oxygen atoms in total. The van der Waals surface area contributed by atoms with Crippen LogP contribution in [0.3, 0.4) is 0 Å². The maximum atomic E-state index is 12.6. The summed E-state index contributed by atoms with van der Waals surface area (Å²) in [5.41, 5.74) is -2.72. The summed E-state index contributed by atoms with van der Waals surface area (Å²) in [4.78, 5) is 1.35. The van der Waals surface area contributed by atoms with E-state index in [1.807, 2.05) is 0 Å². The third kappa shape index (κ3) is 3.78. The first-order valence-corrected chi connectivity index (χ1v) is 5.45. The van der Waals surface area contributed by atoms with E-state index in [9.17, 15) is 26.3 Å². The quantitative estimate of drug-likeness (QED) is 0.719. The first-order valence-electron chi connectivity index (χ1n) is 5.45. The van der Waals surface area contributed by atoms with Crippen LogP contribution in [-0.4, -0.2) is 13.1 Å². The van der Waals surface area contributed by atoms with Crippen LogP contribution in [0.5, 0.6) is 0 Å². The van der Waals surface area contributed by atoms with Gasteiger partial charge in [0.25, 0.3) is 0 Å². The molecule has 0 spiro atoms. The van der Waals surface area contributed by atoms with Gasteiger partial charge in [0.2, 0.25) is 0 Å². The Bertz CT molecular complexity index is 414. The Kier molecular flexibility index (Phi) is 4.07. The lowest BCUT2D eigenvalue weighted by Gasteiger charge is -2.25. The summed E-state index contributed by atoms with van der Waals surface area (Å²) in [5, 5.41) is 0. The van der Waals surface area contributed by atoms with Crippen LogP contribution in [0.15, 0.2) is 18.2 Å². The number of hydrogen-bond acceptors (Lipinski definition) is 1. The van der Waals surface area contributed by atoms with Gasteiger partial charge in [0, 0.05) is 18.8 Å². The van der Waals surface area contributed by atoms with Crippen molar-refractivity contribution in [1.82, 2.24) is 0 Å². The third-order valence-corrected chi connectivity index (χ3v) is 2.75. The summed E-state index contributed by atoms with van der Waals surface area (Å²) in [6.07, 6.45) is -9.62. The van der Waals surface area contributed by atoms with Crippen molar-refractivity contribution in [1.29, 1.82) is 0 Å². The van der Waals surface area contributed by atoms with Crippen molar-refractivity contribution in [3.63, 3.8) is 0 Å². The molecule has 0 aromatic heterocycles.